The highest BCUT2D eigenvalue weighted by molar-refractivity contribution is 7.22. The van der Waals surface area contributed by atoms with Gasteiger partial charge in [-0.05, 0) is 68.4 Å². The summed E-state index contributed by atoms with van der Waals surface area (Å²) in [5, 5.41) is 3.81. The summed E-state index contributed by atoms with van der Waals surface area (Å²) in [4.78, 5) is 31.7. The van der Waals surface area contributed by atoms with Crippen LogP contribution in [0, 0.1) is 23.2 Å². The Kier molecular flexibility index (Phi) is 4.42. The minimum atomic E-state index is -0.142. The van der Waals surface area contributed by atoms with E-state index < -0.39 is 0 Å². The number of para-hydroxylation sites is 1. The molecular weight excluding hydrogens is 370 g/mol. The van der Waals surface area contributed by atoms with Crippen LogP contribution in [0.2, 0.25) is 0 Å². The lowest BCUT2D eigenvalue weighted by atomic mass is 9.49. The fourth-order valence-corrected chi connectivity index (χ4v) is 7.08. The quantitative estimate of drug-likeness (QED) is 0.830. The summed E-state index contributed by atoms with van der Waals surface area (Å²) >= 11 is 1.52. The molecule has 0 aliphatic heterocycles. The molecule has 4 bridgehead atoms. The van der Waals surface area contributed by atoms with E-state index in [9.17, 15) is 9.59 Å². The second kappa shape index (κ2) is 6.83. The Morgan fingerprint density at radius 1 is 1.14 bits per heavy atom. The van der Waals surface area contributed by atoms with E-state index in [0.717, 1.165) is 47.2 Å². The molecule has 2 amide bonds. The minimum absolute atomic E-state index is 0.00938. The third-order valence-corrected chi connectivity index (χ3v) is 8.20. The second-order valence-electron chi connectivity index (χ2n) is 9.12. The first-order valence-electron chi connectivity index (χ1n) is 10.4. The Bertz CT molecular complexity index is 853. The van der Waals surface area contributed by atoms with Gasteiger partial charge in [0.1, 0.15) is 0 Å². The van der Waals surface area contributed by atoms with Gasteiger partial charge in [-0.25, -0.2) is 4.98 Å². The van der Waals surface area contributed by atoms with Gasteiger partial charge in [0, 0.05) is 25.4 Å². The van der Waals surface area contributed by atoms with Gasteiger partial charge in [-0.1, -0.05) is 23.5 Å². The van der Waals surface area contributed by atoms with E-state index in [4.69, 9.17) is 0 Å². The van der Waals surface area contributed by atoms with Gasteiger partial charge < -0.3 is 5.32 Å². The van der Waals surface area contributed by atoms with E-state index in [2.05, 4.69) is 10.3 Å². The molecule has 0 atom stereocenters. The first kappa shape index (κ1) is 18.1. The number of hydrogen-bond acceptors (Lipinski definition) is 4. The van der Waals surface area contributed by atoms with E-state index in [1.807, 2.05) is 24.3 Å². The Labute approximate surface area is 169 Å². The lowest BCUT2D eigenvalue weighted by molar-refractivity contribution is -0.146. The van der Waals surface area contributed by atoms with Gasteiger partial charge in [-0.15, -0.1) is 0 Å². The third kappa shape index (κ3) is 3.11. The average Bonchev–Trinajstić information content (AvgIpc) is 3.10. The molecule has 4 aliphatic carbocycles. The van der Waals surface area contributed by atoms with Crippen molar-refractivity contribution in [3.05, 3.63) is 24.3 Å². The summed E-state index contributed by atoms with van der Waals surface area (Å²) in [6, 6.07) is 7.90. The first-order chi connectivity index (χ1) is 13.5. The number of benzene rings is 1. The van der Waals surface area contributed by atoms with Crippen molar-refractivity contribution in [2.75, 3.05) is 18.5 Å². The molecule has 4 saturated carbocycles. The smallest absolute Gasteiger partial charge is 0.230 e. The number of hydrogen-bond donors (Lipinski definition) is 1. The molecule has 1 aromatic heterocycles. The van der Waals surface area contributed by atoms with Gasteiger partial charge in [0.25, 0.3) is 0 Å². The van der Waals surface area contributed by atoms with Crippen molar-refractivity contribution >= 4 is 38.5 Å². The minimum Gasteiger partial charge on any atom is -0.355 e. The molecular formula is C22H27N3O2S. The predicted octanol–water partition coefficient (Wildman–Crippen LogP) is 3.98. The normalized spacial score (nSPS) is 30.5. The van der Waals surface area contributed by atoms with E-state index in [1.165, 1.54) is 30.6 Å². The number of nitrogens with zero attached hydrogens (tertiary/aromatic N) is 2. The number of carbonyl (C=O) groups is 2. The Morgan fingerprint density at radius 2 is 1.79 bits per heavy atom. The van der Waals surface area contributed by atoms with Crippen molar-refractivity contribution in [1.82, 2.24) is 10.3 Å². The highest BCUT2D eigenvalue weighted by Crippen LogP contribution is 2.60. The molecule has 5 nitrogen and oxygen atoms in total. The molecule has 6 heteroatoms. The number of anilines is 1. The SMILES string of the molecule is CN(C(=O)CCNC(=O)C12CC3CC(CC(C3)C1)C2)c1nc2ccccc2s1. The first-order valence-corrected chi connectivity index (χ1v) is 11.2. The number of nitrogens with one attached hydrogen (secondary N) is 1. The van der Waals surface area contributed by atoms with E-state index in [-0.39, 0.29) is 17.2 Å². The third-order valence-electron chi connectivity index (χ3n) is 7.09. The van der Waals surface area contributed by atoms with Crippen LogP contribution in [0.4, 0.5) is 5.13 Å². The number of carbonyl (C=O) groups excluding carboxylic acids is 2. The molecule has 0 radical (unpaired) electrons. The number of fused-ring (bicyclic) bond motifs is 1. The highest BCUT2D eigenvalue weighted by atomic mass is 32.1. The predicted molar refractivity (Wildman–Crippen MR) is 111 cm³/mol. The Balaban J connectivity index is 1.17. The van der Waals surface area contributed by atoms with Crippen LogP contribution in [0.5, 0.6) is 0 Å². The molecule has 6 rings (SSSR count). The van der Waals surface area contributed by atoms with Crippen LogP contribution in [-0.4, -0.2) is 30.4 Å². The molecule has 4 aliphatic rings. The number of amides is 2. The monoisotopic (exact) mass is 397 g/mol. The molecule has 1 N–H and O–H groups in total. The lowest BCUT2D eigenvalue weighted by Gasteiger charge is -2.55. The fraction of sp³-hybridized carbons (Fsp3) is 0.591. The molecule has 1 heterocycles. The fourth-order valence-electron chi connectivity index (χ4n) is 6.14. The maximum absolute atomic E-state index is 13.0. The maximum Gasteiger partial charge on any atom is 0.230 e. The molecule has 4 fully saturated rings. The summed E-state index contributed by atoms with van der Waals surface area (Å²) in [6.07, 6.45) is 7.48. The van der Waals surface area contributed by atoms with Crippen molar-refractivity contribution in [3.63, 3.8) is 0 Å². The van der Waals surface area contributed by atoms with Crippen LogP contribution in [0.3, 0.4) is 0 Å². The summed E-state index contributed by atoms with van der Waals surface area (Å²) < 4.78 is 1.08. The van der Waals surface area contributed by atoms with Gasteiger partial charge in [-0.3, -0.25) is 14.5 Å². The van der Waals surface area contributed by atoms with Crippen molar-refractivity contribution in [1.29, 1.82) is 0 Å². The zero-order valence-corrected chi connectivity index (χ0v) is 17.1. The number of aromatic nitrogens is 1. The lowest BCUT2D eigenvalue weighted by Crippen LogP contribution is -2.53. The van der Waals surface area contributed by atoms with Crippen molar-refractivity contribution < 1.29 is 9.59 Å². The van der Waals surface area contributed by atoms with Gasteiger partial charge in [0.2, 0.25) is 11.8 Å². The number of thiazole rings is 1. The topological polar surface area (TPSA) is 62.3 Å². The maximum atomic E-state index is 13.0. The molecule has 0 saturated heterocycles. The molecule has 28 heavy (non-hydrogen) atoms. The van der Waals surface area contributed by atoms with Gasteiger partial charge in [0.05, 0.1) is 10.2 Å². The summed E-state index contributed by atoms with van der Waals surface area (Å²) in [6.45, 7) is 0.411. The Hall–Kier alpha value is -1.95. The zero-order chi connectivity index (χ0) is 19.3. The van der Waals surface area contributed by atoms with Crippen LogP contribution in [0.25, 0.3) is 10.2 Å². The summed E-state index contributed by atoms with van der Waals surface area (Å²) in [7, 11) is 1.76. The van der Waals surface area contributed by atoms with Crippen LogP contribution in [0.15, 0.2) is 24.3 Å². The van der Waals surface area contributed by atoms with Crippen LogP contribution in [0.1, 0.15) is 44.9 Å². The number of rotatable bonds is 5. The van der Waals surface area contributed by atoms with Gasteiger partial charge >= 0.3 is 0 Å². The molecule has 1 aromatic carbocycles. The largest absolute Gasteiger partial charge is 0.355 e. The molecule has 2 aromatic rings. The van der Waals surface area contributed by atoms with E-state index in [0.29, 0.717) is 18.1 Å². The summed E-state index contributed by atoms with van der Waals surface area (Å²) in [5.41, 5.74) is 0.772. The van der Waals surface area contributed by atoms with Crippen molar-refractivity contribution in [2.45, 2.75) is 44.9 Å². The van der Waals surface area contributed by atoms with Gasteiger partial charge in [0.15, 0.2) is 5.13 Å². The van der Waals surface area contributed by atoms with Crippen LogP contribution >= 0.6 is 11.3 Å². The highest BCUT2D eigenvalue weighted by Gasteiger charge is 2.54. The van der Waals surface area contributed by atoms with Crippen LogP contribution < -0.4 is 10.2 Å². The standard InChI is InChI=1S/C22H27N3O2S/c1-25(21-24-17-4-2-3-5-18(17)28-21)19(26)6-7-23-20(27)22-11-14-8-15(12-22)10-16(9-14)13-22/h2-5,14-16H,6-13H2,1H3,(H,23,27). The zero-order valence-electron chi connectivity index (χ0n) is 16.3. The van der Waals surface area contributed by atoms with E-state index in [1.54, 1.807) is 11.9 Å². The van der Waals surface area contributed by atoms with Crippen molar-refractivity contribution in [2.24, 2.45) is 23.2 Å². The van der Waals surface area contributed by atoms with Crippen LogP contribution in [-0.2, 0) is 9.59 Å². The van der Waals surface area contributed by atoms with Gasteiger partial charge in [-0.2, -0.15) is 0 Å². The van der Waals surface area contributed by atoms with Crippen molar-refractivity contribution in [3.8, 4) is 0 Å². The molecule has 0 spiro atoms. The van der Waals surface area contributed by atoms with E-state index >= 15 is 0 Å². The Morgan fingerprint density at radius 3 is 2.43 bits per heavy atom. The molecule has 0 unspecified atom stereocenters. The average molecular weight is 398 g/mol. The summed E-state index contributed by atoms with van der Waals surface area (Å²) in [5.74, 6) is 2.45. The molecule has 148 valence electrons. The second-order valence-corrected chi connectivity index (χ2v) is 10.1.